The molecule has 9 aromatic carbocycles. The minimum atomic E-state index is 0.596. The largest absolute Gasteiger partial charge is 0.455 e. The molecule has 0 atom stereocenters. The second kappa shape index (κ2) is 11.7. The lowest BCUT2D eigenvalue weighted by atomic mass is 9.90. The highest BCUT2D eigenvalue weighted by Gasteiger charge is 2.20. The SMILES string of the molecule is c1ccc(-c2nc(-c3ccccc3)nc(-c3ccc4c(c3)oc3c(-c5ccc6c7ccccc7c7ccccc7c6c5)c5ccccc5cc34)n2)cc1. The molecular weight excluding hydrogens is 647 g/mol. The first-order chi connectivity index (χ1) is 26.3. The standard InChI is InChI=1S/C49H29N3O/c1-3-13-30(14-4-1)47-50-48(31-15-5-2-6-16-31)52-49(51-47)34-24-26-41-43-27-32-17-7-8-18-35(32)45(46(43)53-44(41)29-34)33-23-25-40-38-21-10-9-19-36(38)37-20-11-12-22-39(37)42(40)28-33/h1-29H. The van der Waals surface area contributed by atoms with Crippen LogP contribution in [0.5, 0.6) is 0 Å². The van der Waals surface area contributed by atoms with E-state index in [0.717, 1.165) is 55.1 Å². The Balaban J connectivity index is 1.14. The van der Waals surface area contributed by atoms with Gasteiger partial charge in [-0.15, -0.1) is 0 Å². The molecule has 4 nitrogen and oxygen atoms in total. The molecule has 0 N–H and O–H groups in total. The minimum absolute atomic E-state index is 0.596. The molecule has 0 saturated carbocycles. The van der Waals surface area contributed by atoms with Gasteiger partial charge in [0, 0.05) is 33.0 Å². The van der Waals surface area contributed by atoms with E-state index in [1.165, 1.54) is 37.7 Å². The summed E-state index contributed by atoms with van der Waals surface area (Å²) in [6.07, 6.45) is 0. The van der Waals surface area contributed by atoms with Gasteiger partial charge in [-0.1, -0.05) is 152 Å². The summed E-state index contributed by atoms with van der Waals surface area (Å²) >= 11 is 0. The van der Waals surface area contributed by atoms with Crippen molar-refractivity contribution >= 4 is 65.0 Å². The zero-order valence-electron chi connectivity index (χ0n) is 28.5. The number of fused-ring (bicyclic) bond motifs is 10. The van der Waals surface area contributed by atoms with Crippen LogP contribution < -0.4 is 0 Å². The molecule has 0 saturated heterocycles. The van der Waals surface area contributed by atoms with Crippen LogP contribution in [0.1, 0.15) is 0 Å². The van der Waals surface area contributed by atoms with Gasteiger partial charge in [0.15, 0.2) is 17.5 Å². The van der Waals surface area contributed by atoms with Gasteiger partial charge in [0.05, 0.1) is 0 Å². The molecule has 0 radical (unpaired) electrons. The number of benzene rings is 9. The minimum Gasteiger partial charge on any atom is -0.455 e. The Bertz CT molecular complexity index is 3130. The van der Waals surface area contributed by atoms with Gasteiger partial charge in [0.2, 0.25) is 0 Å². The van der Waals surface area contributed by atoms with Crippen LogP contribution in [-0.2, 0) is 0 Å². The molecule has 4 heteroatoms. The fourth-order valence-corrected chi connectivity index (χ4v) is 8.00. The maximum absolute atomic E-state index is 6.94. The van der Waals surface area contributed by atoms with Crippen LogP contribution in [0.4, 0.5) is 0 Å². The van der Waals surface area contributed by atoms with Gasteiger partial charge >= 0.3 is 0 Å². The zero-order chi connectivity index (χ0) is 34.9. The first-order valence-electron chi connectivity index (χ1n) is 17.9. The monoisotopic (exact) mass is 675 g/mol. The number of aromatic nitrogens is 3. The fraction of sp³-hybridized carbons (Fsp3) is 0. The van der Waals surface area contributed by atoms with Crippen molar-refractivity contribution in [1.29, 1.82) is 0 Å². The zero-order valence-corrected chi connectivity index (χ0v) is 28.5. The van der Waals surface area contributed by atoms with Gasteiger partial charge in [-0.3, -0.25) is 0 Å². The highest BCUT2D eigenvalue weighted by molar-refractivity contribution is 6.26. The van der Waals surface area contributed by atoms with E-state index >= 15 is 0 Å². The lowest BCUT2D eigenvalue weighted by Crippen LogP contribution is -2.00. The van der Waals surface area contributed by atoms with Crippen molar-refractivity contribution in [1.82, 2.24) is 15.0 Å². The Morgan fingerprint density at radius 2 is 0.774 bits per heavy atom. The summed E-state index contributed by atoms with van der Waals surface area (Å²) in [6, 6.07) is 61.6. The molecule has 0 bridgehead atoms. The maximum atomic E-state index is 6.94. The Labute approximate surface area is 304 Å². The van der Waals surface area contributed by atoms with Crippen molar-refractivity contribution in [2.75, 3.05) is 0 Å². The van der Waals surface area contributed by atoms with Crippen molar-refractivity contribution in [3.05, 3.63) is 176 Å². The molecule has 0 aliphatic heterocycles. The van der Waals surface area contributed by atoms with E-state index in [0.29, 0.717) is 17.5 Å². The van der Waals surface area contributed by atoms with Crippen molar-refractivity contribution < 1.29 is 4.42 Å². The predicted molar refractivity (Wildman–Crippen MR) is 219 cm³/mol. The lowest BCUT2D eigenvalue weighted by Gasteiger charge is -2.13. The molecule has 2 heterocycles. The molecule has 0 unspecified atom stereocenters. The number of furan rings is 1. The smallest absolute Gasteiger partial charge is 0.164 e. The Hall–Kier alpha value is -7.17. The van der Waals surface area contributed by atoms with Crippen LogP contribution in [0, 0.1) is 0 Å². The second-order valence-corrected chi connectivity index (χ2v) is 13.6. The molecule has 11 aromatic rings. The van der Waals surface area contributed by atoms with Crippen LogP contribution in [0.25, 0.3) is 110 Å². The van der Waals surface area contributed by atoms with Gasteiger partial charge in [-0.05, 0) is 72.9 Å². The first-order valence-corrected chi connectivity index (χ1v) is 17.9. The molecule has 2 aromatic heterocycles. The van der Waals surface area contributed by atoms with E-state index in [4.69, 9.17) is 19.4 Å². The molecule has 0 amide bonds. The van der Waals surface area contributed by atoms with Gasteiger partial charge in [-0.2, -0.15) is 0 Å². The number of nitrogens with zero attached hydrogens (tertiary/aromatic N) is 3. The van der Waals surface area contributed by atoms with Crippen molar-refractivity contribution in [3.8, 4) is 45.3 Å². The average Bonchev–Trinajstić information content (AvgIpc) is 3.60. The molecule has 0 fully saturated rings. The third-order valence-corrected chi connectivity index (χ3v) is 10.5. The average molecular weight is 676 g/mol. The molecule has 246 valence electrons. The van der Waals surface area contributed by atoms with E-state index < -0.39 is 0 Å². The molecule has 11 rings (SSSR count). The van der Waals surface area contributed by atoms with Crippen LogP contribution >= 0.6 is 0 Å². The van der Waals surface area contributed by atoms with E-state index in [1.54, 1.807) is 0 Å². The van der Waals surface area contributed by atoms with E-state index in [1.807, 2.05) is 60.7 Å². The van der Waals surface area contributed by atoms with Gasteiger partial charge in [-0.25, -0.2) is 15.0 Å². The Kier molecular flexibility index (Phi) is 6.52. The third kappa shape index (κ3) is 4.73. The summed E-state index contributed by atoms with van der Waals surface area (Å²) in [5, 5.41) is 12.0. The van der Waals surface area contributed by atoms with Gasteiger partial charge in [0.25, 0.3) is 0 Å². The fourth-order valence-electron chi connectivity index (χ4n) is 8.00. The van der Waals surface area contributed by atoms with E-state index in [9.17, 15) is 0 Å². The quantitative estimate of drug-likeness (QED) is 0.174. The summed E-state index contributed by atoms with van der Waals surface area (Å²) in [5.41, 5.74) is 6.60. The molecule has 0 aliphatic rings. The normalized spacial score (nSPS) is 11.8. The molecular formula is C49H29N3O. The summed E-state index contributed by atoms with van der Waals surface area (Å²) in [5.74, 6) is 1.85. The predicted octanol–water partition coefficient (Wildman–Crippen LogP) is 13.1. The van der Waals surface area contributed by atoms with Crippen molar-refractivity contribution in [2.24, 2.45) is 0 Å². The molecule has 0 spiro atoms. The van der Waals surface area contributed by atoms with E-state index in [-0.39, 0.29) is 0 Å². The topological polar surface area (TPSA) is 51.8 Å². The van der Waals surface area contributed by atoms with Crippen LogP contribution in [0.15, 0.2) is 180 Å². The van der Waals surface area contributed by atoms with Crippen molar-refractivity contribution in [2.45, 2.75) is 0 Å². The summed E-state index contributed by atoms with van der Waals surface area (Å²) in [6.45, 7) is 0. The Morgan fingerprint density at radius 3 is 1.40 bits per heavy atom. The van der Waals surface area contributed by atoms with Crippen molar-refractivity contribution in [3.63, 3.8) is 0 Å². The van der Waals surface area contributed by atoms with Gasteiger partial charge < -0.3 is 4.42 Å². The first kappa shape index (κ1) is 29.5. The Morgan fingerprint density at radius 1 is 0.302 bits per heavy atom. The summed E-state index contributed by atoms with van der Waals surface area (Å²) < 4.78 is 6.94. The third-order valence-electron chi connectivity index (χ3n) is 10.5. The van der Waals surface area contributed by atoms with E-state index in [2.05, 4.69) is 115 Å². The highest BCUT2D eigenvalue weighted by Crippen LogP contribution is 2.44. The maximum Gasteiger partial charge on any atom is 0.164 e. The van der Waals surface area contributed by atoms with Crippen LogP contribution in [-0.4, -0.2) is 15.0 Å². The van der Waals surface area contributed by atoms with Crippen LogP contribution in [0.2, 0.25) is 0 Å². The van der Waals surface area contributed by atoms with Crippen LogP contribution in [0.3, 0.4) is 0 Å². The number of rotatable bonds is 4. The summed E-state index contributed by atoms with van der Waals surface area (Å²) in [7, 11) is 0. The number of hydrogen-bond acceptors (Lipinski definition) is 4. The summed E-state index contributed by atoms with van der Waals surface area (Å²) in [4.78, 5) is 14.8. The lowest BCUT2D eigenvalue weighted by molar-refractivity contribution is 0.670. The highest BCUT2D eigenvalue weighted by atomic mass is 16.3. The molecule has 0 aliphatic carbocycles. The molecule has 53 heavy (non-hydrogen) atoms. The van der Waals surface area contributed by atoms with Gasteiger partial charge in [0.1, 0.15) is 11.2 Å². The second-order valence-electron chi connectivity index (χ2n) is 13.6. The number of hydrogen-bond donors (Lipinski definition) is 0.